The lowest BCUT2D eigenvalue weighted by Gasteiger charge is -2.14. The first-order chi connectivity index (χ1) is 10.0. The molecule has 0 radical (unpaired) electrons. The Kier molecular flexibility index (Phi) is 12.5. The van der Waals surface area contributed by atoms with Crippen molar-refractivity contribution in [1.29, 1.82) is 0 Å². The van der Waals surface area contributed by atoms with Crippen LogP contribution in [0.5, 0.6) is 0 Å². The van der Waals surface area contributed by atoms with Crippen molar-refractivity contribution >= 4 is 23.6 Å². The lowest BCUT2D eigenvalue weighted by atomic mass is 10.1. The van der Waals surface area contributed by atoms with E-state index in [0.29, 0.717) is 24.5 Å². The average Bonchev–Trinajstić information content (AvgIpc) is 2.43. The van der Waals surface area contributed by atoms with Gasteiger partial charge >= 0.3 is 5.97 Å². The van der Waals surface area contributed by atoms with Crippen LogP contribution in [0.15, 0.2) is 0 Å². The number of nitrogens with two attached hydrogens (primary N) is 1. The van der Waals surface area contributed by atoms with Gasteiger partial charge < -0.3 is 15.8 Å². The van der Waals surface area contributed by atoms with Gasteiger partial charge in [-0.25, -0.2) is 0 Å². The lowest BCUT2D eigenvalue weighted by molar-refractivity contribution is -0.144. The summed E-state index contributed by atoms with van der Waals surface area (Å²) >= 11 is 1.50. The zero-order chi connectivity index (χ0) is 16.1. The molecule has 0 bridgehead atoms. The number of esters is 1. The van der Waals surface area contributed by atoms with Crippen molar-refractivity contribution < 1.29 is 14.3 Å². The normalized spacial score (nSPS) is 13.5. The Morgan fingerprint density at radius 2 is 1.95 bits per heavy atom. The van der Waals surface area contributed by atoms with Crippen LogP contribution in [0.4, 0.5) is 0 Å². The lowest BCUT2D eigenvalue weighted by Crippen LogP contribution is -2.34. The molecule has 2 unspecified atom stereocenters. The van der Waals surface area contributed by atoms with Crippen molar-refractivity contribution in [3.8, 4) is 0 Å². The number of nitrogens with one attached hydrogen (secondary N) is 1. The summed E-state index contributed by atoms with van der Waals surface area (Å²) in [6, 6.07) is -0.361. The van der Waals surface area contributed by atoms with Crippen LogP contribution in [0.3, 0.4) is 0 Å². The molecule has 0 aromatic rings. The Bertz CT molecular complexity index is 301. The third kappa shape index (κ3) is 11.6. The number of amides is 1. The third-order valence-electron chi connectivity index (χ3n) is 3.04. The molecule has 0 fully saturated rings. The molecular formula is C15H30N2O3S. The summed E-state index contributed by atoms with van der Waals surface area (Å²) in [5.74, 6) is 0.770. The molecule has 2 atom stereocenters. The van der Waals surface area contributed by atoms with Crippen LogP contribution in [0.1, 0.15) is 52.9 Å². The first-order valence-corrected chi connectivity index (χ1v) is 8.96. The third-order valence-corrected chi connectivity index (χ3v) is 4.03. The predicted octanol–water partition coefficient (Wildman–Crippen LogP) is 2.09. The van der Waals surface area contributed by atoms with E-state index in [2.05, 4.69) is 12.2 Å². The SMILES string of the molecule is CCCCCC(C)NC(=O)CSCCC(N)C(=O)OCC. The Morgan fingerprint density at radius 1 is 1.24 bits per heavy atom. The van der Waals surface area contributed by atoms with Gasteiger partial charge in [-0.15, -0.1) is 0 Å². The predicted molar refractivity (Wildman–Crippen MR) is 88.3 cm³/mol. The Balaban J connectivity index is 3.63. The monoisotopic (exact) mass is 318 g/mol. The zero-order valence-corrected chi connectivity index (χ0v) is 14.3. The summed E-state index contributed by atoms with van der Waals surface area (Å²) in [5.41, 5.74) is 5.68. The fraction of sp³-hybridized carbons (Fsp3) is 0.867. The van der Waals surface area contributed by atoms with Crippen molar-refractivity contribution in [2.75, 3.05) is 18.1 Å². The van der Waals surface area contributed by atoms with Gasteiger partial charge in [0.25, 0.3) is 0 Å². The molecule has 0 aromatic heterocycles. The number of unbranched alkanes of at least 4 members (excludes halogenated alkanes) is 2. The van der Waals surface area contributed by atoms with Crippen LogP contribution >= 0.6 is 11.8 Å². The molecule has 0 spiro atoms. The molecule has 21 heavy (non-hydrogen) atoms. The van der Waals surface area contributed by atoms with Gasteiger partial charge in [0.1, 0.15) is 6.04 Å². The quantitative estimate of drug-likeness (QED) is 0.425. The number of thioether (sulfide) groups is 1. The highest BCUT2D eigenvalue weighted by atomic mass is 32.2. The molecule has 0 saturated carbocycles. The summed E-state index contributed by atoms with van der Waals surface area (Å²) in [6.45, 7) is 6.30. The summed E-state index contributed by atoms with van der Waals surface area (Å²) in [6.07, 6.45) is 5.11. The molecule has 0 aliphatic heterocycles. The largest absolute Gasteiger partial charge is 0.465 e. The highest BCUT2D eigenvalue weighted by molar-refractivity contribution is 7.99. The molecular weight excluding hydrogens is 288 g/mol. The van der Waals surface area contributed by atoms with Crippen LogP contribution in [0.2, 0.25) is 0 Å². The minimum absolute atomic E-state index is 0.0497. The number of carbonyl (C=O) groups excluding carboxylic acids is 2. The topological polar surface area (TPSA) is 81.4 Å². The molecule has 0 rings (SSSR count). The fourth-order valence-corrected chi connectivity index (χ4v) is 2.67. The van der Waals surface area contributed by atoms with E-state index in [-0.39, 0.29) is 17.9 Å². The summed E-state index contributed by atoms with van der Waals surface area (Å²) < 4.78 is 4.83. The minimum Gasteiger partial charge on any atom is -0.465 e. The molecule has 0 saturated heterocycles. The zero-order valence-electron chi connectivity index (χ0n) is 13.5. The summed E-state index contributed by atoms with van der Waals surface area (Å²) in [5, 5.41) is 2.99. The molecule has 1 amide bonds. The maximum atomic E-state index is 11.7. The maximum absolute atomic E-state index is 11.7. The number of ether oxygens (including phenoxy) is 1. The van der Waals surface area contributed by atoms with Crippen LogP contribution in [0.25, 0.3) is 0 Å². The second-order valence-corrected chi connectivity index (χ2v) is 6.27. The highest BCUT2D eigenvalue weighted by Gasteiger charge is 2.14. The van der Waals surface area contributed by atoms with E-state index in [1.165, 1.54) is 24.6 Å². The van der Waals surface area contributed by atoms with Gasteiger partial charge in [0, 0.05) is 6.04 Å². The highest BCUT2D eigenvalue weighted by Crippen LogP contribution is 2.06. The van der Waals surface area contributed by atoms with Crippen molar-refractivity contribution in [3.05, 3.63) is 0 Å². The van der Waals surface area contributed by atoms with Gasteiger partial charge in [-0.3, -0.25) is 9.59 Å². The van der Waals surface area contributed by atoms with Crippen molar-refractivity contribution in [2.45, 2.75) is 65.0 Å². The van der Waals surface area contributed by atoms with Gasteiger partial charge in [0.15, 0.2) is 0 Å². The van der Waals surface area contributed by atoms with Crippen molar-refractivity contribution in [1.82, 2.24) is 5.32 Å². The minimum atomic E-state index is -0.589. The Hall–Kier alpha value is -0.750. The van der Waals surface area contributed by atoms with Crippen LogP contribution in [0, 0.1) is 0 Å². The number of rotatable bonds is 12. The van der Waals surface area contributed by atoms with E-state index in [1.54, 1.807) is 6.92 Å². The van der Waals surface area contributed by atoms with Crippen molar-refractivity contribution in [2.24, 2.45) is 5.73 Å². The maximum Gasteiger partial charge on any atom is 0.322 e. The molecule has 0 heterocycles. The second kappa shape index (κ2) is 13.0. The van der Waals surface area contributed by atoms with E-state index in [1.807, 2.05) is 6.92 Å². The molecule has 6 heteroatoms. The molecule has 5 nitrogen and oxygen atoms in total. The van der Waals surface area contributed by atoms with Crippen molar-refractivity contribution in [3.63, 3.8) is 0 Å². The Labute approximate surface area is 132 Å². The van der Waals surface area contributed by atoms with Gasteiger partial charge in [-0.2, -0.15) is 11.8 Å². The standard InChI is InChI=1S/C15H30N2O3S/c1-4-6-7-8-12(3)17-14(18)11-21-10-9-13(16)15(19)20-5-2/h12-13H,4-11,16H2,1-3H3,(H,17,18). The van der Waals surface area contributed by atoms with E-state index in [9.17, 15) is 9.59 Å². The molecule has 0 aromatic carbocycles. The fourth-order valence-electron chi connectivity index (χ4n) is 1.83. The number of carbonyl (C=O) groups is 2. The summed E-state index contributed by atoms with van der Waals surface area (Å²) in [4.78, 5) is 23.0. The van der Waals surface area contributed by atoms with Gasteiger partial charge in [-0.1, -0.05) is 26.2 Å². The van der Waals surface area contributed by atoms with Gasteiger partial charge in [0.05, 0.1) is 12.4 Å². The molecule has 0 aliphatic carbocycles. The second-order valence-electron chi connectivity index (χ2n) is 5.16. The van der Waals surface area contributed by atoms with E-state index in [0.717, 1.165) is 12.8 Å². The smallest absolute Gasteiger partial charge is 0.322 e. The Morgan fingerprint density at radius 3 is 2.57 bits per heavy atom. The van der Waals surface area contributed by atoms with Gasteiger partial charge in [-0.05, 0) is 32.4 Å². The van der Waals surface area contributed by atoms with Crippen LogP contribution < -0.4 is 11.1 Å². The first kappa shape index (κ1) is 20.2. The van der Waals surface area contributed by atoms with Crippen LogP contribution in [-0.4, -0.2) is 42.1 Å². The number of hydrogen-bond donors (Lipinski definition) is 2. The number of hydrogen-bond acceptors (Lipinski definition) is 5. The molecule has 0 aliphatic rings. The van der Waals surface area contributed by atoms with E-state index in [4.69, 9.17) is 10.5 Å². The van der Waals surface area contributed by atoms with E-state index >= 15 is 0 Å². The molecule has 3 N–H and O–H groups in total. The van der Waals surface area contributed by atoms with Gasteiger partial charge in [0.2, 0.25) is 5.91 Å². The van der Waals surface area contributed by atoms with E-state index < -0.39 is 6.04 Å². The average molecular weight is 318 g/mol. The first-order valence-electron chi connectivity index (χ1n) is 7.80. The molecule has 124 valence electrons. The summed E-state index contributed by atoms with van der Waals surface area (Å²) in [7, 11) is 0. The van der Waals surface area contributed by atoms with Crippen LogP contribution in [-0.2, 0) is 14.3 Å².